The number of hydrogen-bond donors (Lipinski definition) is 1. The van der Waals surface area contributed by atoms with Crippen molar-refractivity contribution in [3.8, 4) is 11.3 Å². The Kier molecular flexibility index (Phi) is 2.67. The molecule has 1 aliphatic heterocycles. The summed E-state index contributed by atoms with van der Waals surface area (Å²) in [4.78, 5) is 16.4. The van der Waals surface area contributed by atoms with Crippen LogP contribution < -0.4 is 5.32 Å². The molecule has 0 saturated heterocycles. The van der Waals surface area contributed by atoms with E-state index in [-0.39, 0.29) is 18.3 Å². The Morgan fingerprint density at radius 3 is 2.60 bits per heavy atom. The van der Waals surface area contributed by atoms with Crippen molar-refractivity contribution in [3.05, 3.63) is 41.6 Å². The van der Waals surface area contributed by atoms with Crippen LogP contribution in [0.4, 0.5) is 4.39 Å². The van der Waals surface area contributed by atoms with E-state index in [9.17, 15) is 9.18 Å². The lowest BCUT2D eigenvalue weighted by Gasteiger charge is -2.31. The van der Waals surface area contributed by atoms with Gasteiger partial charge in [0.25, 0.3) is 0 Å². The Morgan fingerprint density at radius 2 is 1.95 bits per heavy atom. The summed E-state index contributed by atoms with van der Waals surface area (Å²) in [5, 5.41) is 2.93. The van der Waals surface area contributed by atoms with E-state index in [1.807, 2.05) is 25.3 Å². The van der Waals surface area contributed by atoms with Crippen LogP contribution in [0.15, 0.2) is 24.3 Å². The van der Waals surface area contributed by atoms with Gasteiger partial charge in [-0.3, -0.25) is 4.79 Å². The first-order chi connectivity index (χ1) is 9.38. The van der Waals surface area contributed by atoms with Crippen LogP contribution in [-0.2, 0) is 16.9 Å². The summed E-state index contributed by atoms with van der Waals surface area (Å²) < 4.78 is 15.0. The van der Waals surface area contributed by atoms with Gasteiger partial charge in [-0.2, -0.15) is 0 Å². The highest BCUT2D eigenvalue weighted by molar-refractivity contribution is 5.79. The third-order valence-corrected chi connectivity index (χ3v) is 3.65. The van der Waals surface area contributed by atoms with E-state index in [0.717, 1.165) is 22.8 Å². The minimum absolute atomic E-state index is 0.0198. The summed E-state index contributed by atoms with van der Waals surface area (Å²) in [6, 6.07) is 6.25. The van der Waals surface area contributed by atoms with Gasteiger partial charge in [-0.1, -0.05) is 0 Å². The lowest BCUT2D eigenvalue weighted by atomic mass is 10.0. The van der Waals surface area contributed by atoms with Gasteiger partial charge in [-0.05, 0) is 45.0 Å². The number of hydrogen-bond acceptors (Lipinski definition) is 2. The molecule has 0 radical (unpaired) electrons. The first-order valence-corrected chi connectivity index (χ1v) is 6.53. The van der Waals surface area contributed by atoms with Crippen molar-refractivity contribution < 1.29 is 9.18 Å². The SMILES string of the molecule is Cc1c(-c2ccc(F)cc2)nc2n1CC(=O)NC2(C)C. The summed E-state index contributed by atoms with van der Waals surface area (Å²) in [7, 11) is 0. The van der Waals surface area contributed by atoms with Crippen LogP contribution in [0.2, 0.25) is 0 Å². The second kappa shape index (κ2) is 4.16. The molecule has 1 aromatic carbocycles. The van der Waals surface area contributed by atoms with Crippen molar-refractivity contribution in [2.75, 3.05) is 0 Å². The minimum atomic E-state index is -0.502. The number of aromatic nitrogens is 2. The highest BCUT2D eigenvalue weighted by Gasteiger charge is 2.35. The van der Waals surface area contributed by atoms with Crippen LogP contribution in [0.25, 0.3) is 11.3 Å². The van der Waals surface area contributed by atoms with Crippen molar-refractivity contribution in [3.63, 3.8) is 0 Å². The van der Waals surface area contributed by atoms with E-state index < -0.39 is 5.54 Å². The summed E-state index contributed by atoms with van der Waals surface area (Å²) in [5.74, 6) is 0.537. The van der Waals surface area contributed by atoms with Gasteiger partial charge in [0.2, 0.25) is 5.91 Å². The molecule has 2 aromatic rings. The predicted octanol–water partition coefficient (Wildman–Crippen LogP) is 2.36. The van der Waals surface area contributed by atoms with Crippen LogP contribution in [0.3, 0.4) is 0 Å². The molecule has 0 spiro atoms. The van der Waals surface area contributed by atoms with Crippen molar-refractivity contribution in [2.45, 2.75) is 32.9 Å². The number of nitrogens with zero attached hydrogens (tertiary/aromatic N) is 2. The van der Waals surface area contributed by atoms with Crippen LogP contribution in [0.1, 0.15) is 25.4 Å². The van der Waals surface area contributed by atoms with E-state index in [1.54, 1.807) is 12.1 Å². The molecule has 1 amide bonds. The maximum absolute atomic E-state index is 13.0. The molecule has 2 heterocycles. The Balaban J connectivity index is 2.16. The summed E-state index contributed by atoms with van der Waals surface area (Å²) in [6.45, 7) is 6.07. The molecule has 0 fully saturated rings. The van der Waals surface area contributed by atoms with Gasteiger partial charge in [-0.15, -0.1) is 0 Å². The van der Waals surface area contributed by atoms with Gasteiger partial charge in [0.15, 0.2) is 0 Å². The molecule has 4 nitrogen and oxygen atoms in total. The number of halogens is 1. The number of benzene rings is 1. The summed E-state index contributed by atoms with van der Waals surface area (Å²) >= 11 is 0. The molecule has 3 rings (SSSR count). The standard InChI is InChI=1S/C15H16FN3O/c1-9-13(10-4-6-11(16)7-5-10)17-14-15(2,3)18-12(20)8-19(9)14/h4-7H,8H2,1-3H3,(H,18,20). The first kappa shape index (κ1) is 12.8. The molecule has 1 N–H and O–H groups in total. The highest BCUT2D eigenvalue weighted by Crippen LogP contribution is 2.30. The summed E-state index contributed by atoms with van der Waals surface area (Å²) in [5.41, 5.74) is 2.08. The van der Waals surface area contributed by atoms with Gasteiger partial charge in [-0.25, -0.2) is 9.37 Å². The Labute approximate surface area is 116 Å². The zero-order chi connectivity index (χ0) is 14.5. The van der Waals surface area contributed by atoms with Crippen LogP contribution in [-0.4, -0.2) is 15.5 Å². The molecule has 0 atom stereocenters. The molecule has 1 aromatic heterocycles. The fraction of sp³-hybridized carbons (Fsp3) is 0.333. The predicted molar refractivity (Wildman–Crippen MR) is 73.5 cm³/mol. The largest absolute Gasteiger partial charge is 0.342 e. The van der Waals surface area contributed by atoms with E-state index >= 15 is 0 Å². The monoisotopic (exact) mass is 273 g/mol. The molecule has 0 saturated carbocycles. The number of nitrogens with one attached hydrogen (secondary N) is 1. The zero-order valence-electron chi connectivity index (χ0n) is 11.7. The zero-order valence-corrected chi connectivity index (χ0v) is 11.7. The molecule has 0 unspecified atom stereocenters. The van der Waals surface area contributed by atoms with Crippen molar-refractivity contribution >= 4 is 5.91 Å². The van der Waals surface area contributed by atoms with Gasteiger partial charge >= 0.3 is 0 Å². The summed E-state index contributed by atoms with van der Waals surface area (Å²) in [6.07, 6.45) is 0. The van der Waals surface area contributed by atoms with Gasteiger partial charge in [0.1, 0.15) is 18.2 Å². The molecule has 104 valence electrons. The van der Waals surface area contributed by atoms with E-state index in [1.165, 1.54) is 12.1 Å². The van der Waals surface area contributed by atoms with Crippen molar-refractivity contribution in [1.82, 2.24) is 14.9 Å². The maximum atomic E-state index is 13.0. The van der Waals surface area contributed by atoms with E-state index in [0.29, 0.717) is 0 Å². The number of rotatable bonds is 1. The molecular formula is C15H16FN3O. The third kappa shape index (κ3) is 1.90. The smallest absolute Gasteiger partial charge is 0.240 e. The average molecular weight is 273 g/mol. The third-order valence-electron chi connectivity index (χ3n) is 3.65. The van der Waals surface area contributed by atoms with Gasteiger partial charge in [0.05, 0.1) is 11.2 Å². The number of fused-ring (bicyclic) bond motifs is 1. The maximum Gasteiger partial charge on any atom is 0.240 e. The second-order valence-electron chi connectivity index (χ2n) is 5.64. The molecule has 0 bridgehead atoms. The fourth-order valence-corrected chi connectivity index (χ4v) is 2.67. The number of carbonyl (C=O) groups is 1. The Hall–Kier alpha value is -2.17. The lowest BCUT2D eigenvalue weighted by molar-refractivity contribution is -0.124. The Bertz CT molecular complexity index is 686. The van der Waals surface area contributed by atoms with Crippen LogP contribution in [0.5, 0.6) is 0 Å². The normalized spacial score (nSPS) is 16.7. The van der Waals surface area contributed by atoms with E-state index in [4.69, 9.17) is 0 Å². The highest BCUT2D eigenvalue weighted by atomic mass is 19.1. The quantitative estimate of drug-likeness (QED) is 0.867. The fourth-order valence-electron chi connectivity index (χ4n) is 2.67. The molecule has 0 aliphatic carbocycles. The number of carbonyl (C=O) groups excluding carboxylic acids is 1. The Morgan fingerprint density at radius 1 is 1.30 bits per heavy atom. The van der Waals surface area contributed by atoms with Gasteiger partial charge in [0, 0.05) is 11.3 Å². The minimum Gasteiger partial charge on any atom is -0.342 e. The van der Waals surface area contributed by atoms with Crippen LogP contribution >= 0.6 is 0 Å². The lowest BCUT2D eigenvalue weighted by Crippen LogP contribution is -2.49. The second-order valence-corrected chi connectivity index (χ2v) is 5.64. The van der Waals surface area contributed by atoms with Crippen LogP contribution in [0, 0.1) is 12.7 Å². The molecule has 1 aliphatic rings. The first-order valence-electron chi connectivity index (χ1n) is 6.53. The average Bonchev–Trinajstić information content (AvgIpc) is 2.68. The topological polar surface area (TPSA) is 46.9 Å². The van der Waals surface area contributed by atoms with Gasteiger partial charge < -0.3 is 9.88 Å². The molecule has 5 heteroatoms. The van der Waals surface area contributed by atoms with E-state index in [2.05, 4.69) is 10.3 Å². The molecule has 20 heavy (non-hydrogen) atoms. The number of amides is 1. The number of imidazole rings is 1. The molecular weight excluding hydrogens is 257 g/mol. The van der Waals surface area contributed by atoms with Crippen molar-refractivity contribution in [1.29, 1.82) is 0 Å². The van der Waals surface area contributed by atoms with Crippen molar-refractivity contribution in [2.24, 2.45) is 0 Å².